The molecule has 0 aromatic carbocycles. The monoisotopic (exact) mass is 343 g/mol. The molecular weight excluding hydrogens is 318 g/mol. The smallest absolute Gasteiger partial charge is 0.252 e. The molecule has 0 unspecified atom stereocenters. The molecule has 1 spiro atoms. The molecule has 25 heavy (non-hydrogen) atoms. The summed E-state index contributed by atoms with van der Waals surface area (Å²) in [5.74, 6) is 1.05. The van der Waals surface area contributed by atoms with Crippen LogP contribution in [0.15, 0.2) is 6.07 Å². The molecule has 2 fully saturated rings. The summed E-state index contributed by atoms with van der Waals surface area (Å²) in [6.45, 7) is 6.66. The maximum absolute atomic E-state index is 12.5. The van der Waals surface area contributed by atoms with E-state index >= 15 is 0 Å². The molecule has 2 atom stereocenters. The van der Waals surface area contributed by atoms with E-state index in [1.54, 1.807) is 4.52 Å². The maximum Gasteiger partial charge on any atom is 0.252 e. The molecule has 0 bridgehead atoms. The highest BCUT2D eigenvalue weighted by Crippen LogP contribution is 2.57. The van der Waals surface area contributed by atoms with E-state index in [0.29, 0.717) is 17.7 Å². The van der Waals surface area contributed by atoms with Crippen molar-refractivity contribution in [2.45, 2.75) is 65.0 Å². The lowest BCUT2D eigenvalue weighted by Crippen LogP contribution is -2.67. The summed E-state index contributed by atoms with van der Waals surface area (Å²) in [4.78, 5) is 21.2. The van der Waals surface area contributed by atoms with Crippen LogP contribution < -0.4 is 5.32 Å². The highest BCUT2D eigenvalue weighted by Gasteiger charge is 2.59. The van der Waals surface area contributed by atoms with Crippen molar-refractivity contribution >= 4 is 11.7 Å². The average molecular weight is 343 g/mol. The van der Waals surface area contributed by atoms with Gasteiger partial charge in [0.05, 0.1) is 12.5 Å². The number of hydrogen-bond donors (Lipinski definition) is 1. The quantitative estimate of drug-likeness (QED) is 0.894. The molecule has 7 nitrogen and oxygen atoms in total. The summed E-state index contributed by atoms with van der Waals surface area (Å²) in [5, 5.41) is 7.60. The van der Waals surface area contributed by atoms with Crippen LogP contribution in [0, 0.1) is 19.3 Å². The van der Waals surface area contributed by atoms with Gasteiger partial charge in [0, 0.05) is 29.5 Å². The van der Waals surface area contributed by atoms with E-state index in [2.05, 4.69) is 20.4 Å². The second-order valence-corrected chi connectivity index (χ2v) is 7.34. The van der Waals surface area contributed by atoms with Crippen molar-refractivity contribution in [1.82, 2.24) is 24.9 Å². The number of ether oxygens (including phenoxy) is 1. The second kappa shape index (κ2) is 6.05. The van der Waals surface area contributed by atoms with Gasteiger partial charge in [-0.1, -0.05) is 6.42 Å². The van der Waals surface area contributed by atoms with Crippen molar-refractivity contribution < 1.29 is 9.53 Å². The van der Waals surface area contributed by atoms with Crippen LogP contribution in [0.4, 0.5) is 0 Å². The lowest BCUT2D eigenvalue weighted by Gasteiger charge is -2.61. The Balaban J connectivity index is 1.42. The minimum atomic E-state index is -0.0171. The summed E-state index contributed by atoms with van der Waals surface area (Å²) in [6.07, 6.45) is 4.94. The molecule has 2 aliphatic carbocycles. The van der Waals surface area contributed by atoms with Crippen LogP contribution in [0.2, 0.25) is 0 Å². The molecular formula is C18H25N5O2. The van der Waals surface area contributed by atoms with Crippen LogP contribution in [0.1, 0.15) is 49.8 Å². The topological polar surface area (TPSA) is 81.4 Å². The molecule has 0 saturated heterocycles. The number of rotatable bonds is 5. The van der Waals surface area contributed by atoms with Gasteiger partial charge in [0.2, 0.25) is 5.91 Å². The lowest BCUT2D eigenvalue weighted by molar-refractivity contribution is -0.175. The summed E-state index contributed by atoms with van der Waals surface area (Å²) in [5.41, 5.74) is 2.04. The van der Waals surface area contributed by atoms with Gasteiger partial charge in [0.1, 0.15) is 0 Å². The number of aromatic nitrogens is 4. The first-order valence-electron chi connectivity index (χ1n) is 9.12. The summed E-state index contributed by atoms with van der Waals surface area (Å²) in [6, 6.07) is 2.18. The molecule has 2 aromatic heterocycles. The molecule has 0 radical (unpaired) electrons. The van der Waals surface area contributed by atoms with Gasteiger partial charge in [-0.25, -0.2) is 9.50 Å². The van der Waals surface area contributed by atoms with Crippen molar-refractivity contribution in [1.29, 1.82) is 0 Å². The van der Waals surface area contributed by atoms with Crippen molar-refractivity contribution in [3.63, 3.8) is 0 Å². The number of hydrogen-bond acceptors (Lipinski definition) is 5. The van der Waals surface area contributed by atoms with E-state index in [9.17, 15) is 4.79 Å². The summed E-state index contributed by atoms with van der Waals surface area (Å²) in [7, 11) is 0. The Morgan fingerprint density at radius 2 is 2.20 bits per heavy atom. The normalized spacial score (nSPS) is 24.1. The summed E-state index contributed by atoms with van der Waals surface area (Å²) >= 11 is 0. The van der Waals surface area contributed by atoms with E-state index in [1.807, 2.05) is 26.8 Å². The predicted octanol–water partition coefficient (Wildman–Crippen LogP) is 1.75. The van der Waals surface area contributed by atoms with Gasteiger partial charge in [0.15, 0.2) is 5.82 Å². The fraction of sp³-hybridized carbons (Fsp3) is 0.667. The third-order valence-electron chi connectivity index (χ3n) is 5.75. The van der Waals surface area contributed by atoms with Crippen LogP contribution >= 0.6 is 0 Å². The van der Waals surface area contributed by atoms with Gasteiger partial charge < -0.3 is 10.1 Å². The molecule has 2 saturated carbocycles. The van der Waals surface area contributed by atoms with E-state index in [0.717, 1.165) is 37.3 Å². The zero-order valence-electron chi connectivity index (χ0n) is 15.1. The number of nitrogens with zero attached hydrogens (tertiary/aromatic N) is 4. The molecule has 2 aromatic rings. The SMILES string of the molecule is CCO[C@H]1C[C@H](NC(=O)Cc2nc3nc(C)cc(C)n3n2)C12CCC2. The van der Waals surface area contributed by atoms with Crippen molar-refractivity contribution in [3.05, 3.63) is 23.3 Å². The van der Waals surface area contributed by atoms with Crippen molar-refractivity contribution in [3.8, 4) is 0 Å². The van der Waals surface area contributed by atoms with Gasteiger partial charge >= 0.3 is 0 Å². The van der Waals surface area contributed by atoms with Crippen LogP contribution in [-0.2, 0) is 16.0 Å². The molecule has 1 N–H and O–H groups in total. The first-order chi connectivity index (χ1) is 12.0. The van der Waals surface area contributed by atoms with Gasteiger partial charge in [-0.15, -0.1) is 5.10 Å². The second-order valence-electron chi connectivity index (χ2n) is 7.34. The minimum Gasteiger partial charge on any atom is -0.378 e. The minimum absolute atomic E-state index is 0.0171. The third-order valence-corrected chi connectivity index (χ3v) is 5.75. The number of carbonyl (C=O) groups is 1. The Kier molecular flexibility index (Phi) is 3.98. The molecule has 4 rings (SSSR count). The average Bonchev–Trinajstić information content (AvgIpc) is 2.86. The zero-order chi connectivity index (χ0) is 17.6. The first-order valence-corrected chi connectivity index (χ1v) is 9.12. The molecule has 2 heterocycles. The van der Waals surface area contributed by atoms with E-state index in [4.69, 9.17) is 4.74 Å². The number of carbonyl (C=O) groups excluding carboxylic acids is 1. The lowest BCUT2D eigenvalue weighted by atomic mass is 9.51. The fourth-order valence-corrected chi connectivity index (χ4v) is 4.31. The molecule has 0 aliphatic heterocycles. The Morgan fingerprint density at radius 1 is 1.40 bits per heavy atom. The highest BCUT2D eigenvalue weighted by molar-refractivity contribution is 5.78. The van der Waals surface area contributed by atoms with Crippen LogP contribution in [0.5, 0.6) is 0 Å². The molecule has 134 valence electrons. The Bertz CT molecular complexity index is 811. The molecule has 2 aliphatic rings. The number of amides is 1. The molecule has 1 amide bonds. The van der Waals surface area contributed by atoms with Gasteiger partial charge in [-0.2, -0.15) is 4.98 Å². The Morgan fingerprint density at radius 3 is 2.88 bits per heavy atom. The van der Waals surface area contributed by atoms with Gasteiger partial charge in [0.25, 0.3) is 5.78 Å². The van der Waals surface area contributed by atoms with Gasteiger partial charge in [-0.3, -0.25) is 4.79 Å². The van der Waals surface area contributed by atoms with E-state index in [1.165, 1.54) is 6.42 Å². The van der Waals surface area contributed by atoms with Crippen LogP contribution in [-0.4, -0.2) is 44.2 Å². The standard InChI is InChI=1S/C18H25N5O2/c1-4-25-14-9-13(18(14)6-5-7-18)20-16(24)10-15-21-17-19-11(2)8-12(3)23(17)22-15/h8,13-14H,4-7,9-10H2,1-3H3,(H,20,24)/t13-,14-/m0/s1. The zero-order valence-corrected chi connectivity index (χ0v) is 15.1. The Hall–Kier alpha value is -2.02. The summed E-state index contributed by atoms with van der Waals surface area (Å²) < 4.78 is 7.53. The number of aryl methyl sites for hydroxylation is 2. The largest absolute Gasteiger partial charge is 0.378 e. The first kappa shape index (κ1) is 16.4. The molecule has 7 heteroatoms. The maximum atomic E-state index is 12.5. The van der Waals surface area contributed by atoms with Crippen LogP contribution in [0.3, 0.4) is 0 Å². The van der Waals surface area contributed by atoms with E-state index < -0.39 is 0 Å². The number of nitrogens with one attached hydrogen (secondary N) is 1. The fourth-order valence-electron chi connectivity index (χ4n) is 4.31. The Labute approximate surface area is 147 Å². The van der Waals surface area contributed by atoms with Crippen molar-refractivity contribution in [2.24, 2.45) is 5.41 Å². The highest BCUT2D eigenvalue weighted by atomic mass is 16.5. The van der Waals surface area contributed by atoms with Gasteiger partial charge in [-0.05, 0) is 46.1 Å². The van der Waals surface area contributed by atoms with Crippen LogP contribution in [0.25, 0.3) is 5.78 Å². The number of fused-ring (bicyclic) bond motifs is 1. The van der Waals surface area contributed by atoms with Crippen molar-refractivity contribution in [2.75, 3.05) is 6.61 Å². The predicted molar refractivity (Wildman–Crippen MR) is 92.2 cm³/mol. The van der Waals surface area contributed by atoms with E-state index in [-0.39, 0.29) is 23.8 Å². The third kappa shape index (κ3) is 2.70.